The van der Waals surface area contributed by atoms with Gasteiger partial charge < -0.3 is 15.0 Å². The highest BCUT2D eigenvalue weighted by Crippen LogP contribution is 2.26. The van der Waals surface area contributed by atoms with Crippen molar-refractivity contribution in [1.82, 2.24) is 29.9 Å². The van der Waals surface area contributed by atoms with Gasteiger partial charge in [0.1, 0.15) is 5.75 Å². The highest BCUT2D eigenvalue weighted by Gasteiger charge is 2.15. The lowest BCUT2D eigenvalue weighted by molar-refractivity contribution is 0.259. The van der Waals surface area contributed by atoms with E-state index in [0.29, 0.717) is 23.7 Å². The van der Waals surface area contributed by atoms with E-state index in [1.165, 1.54) is 23.1 Å². The molecule has 38 heavy (non-hydrogen) atoms. The highest BCUT2D eigenvalue weighted by molar-refractivity contribution is 5.73. The molecule has 3 aromatic carbocycles. The summed E-state index contributed by atoms with van der Waals surface area (Å²) in [4.78, 5) is 11.4. The van der Waals surface area contributed by atoms with Crippen LogP contribution in [-0.2, 0) is 19.4 Å². The number of nitrogens with zero attached hydrogens (tertiary/aromatic N) is 6. The smallest absolute Gasteiger partial charge is 0.229 e. The van der Waals surface area contributed by atoms with E-state index in [1.807, 2.05) is 30.3 Å². The molecule has 1 N–H and O–H groups in total. The molecule has 5 aromatic rings. The molecular formula is C30H31N7O. The van der Waals surface area contributed by atoms with Gasteiger partial charge in [-0.25, -0.2) is 4.98 Å². The molecule has 192 valence electrons. The van der Waals surface area contributed by atoms with Crippen LogP contribution in [-0.4, -0.2) is 50.1 Å². The van der Waals surface area contributed by atoms with Gasteiger partial charge in [0.25, 0.3) is 0 Å². The van der Waals surface area contributed by atoms with Gasteiger partial charge in [-0.2, -0.15) is 9.67 Å². The Hall–Kier alpha value is -4.30. The van der Waals surface area contributed by atoms with Crippen molar-refractivity contribution in [3.05, 3.63) is 95.7 Å². The molecule has 2 heterocycles. The second-order valence-corrected chi connectivity index (χ2v) is 9.79. The molecule has 0 aliphatic heterocycles. The van der Waals surface area contributed by atoms with Crippen molar-refractivity contribution < 1.29 is 4.74 Å². The van der Waals surface area contributed by atoms with Crippen LogP contribution in [0.2, 0.25) is 0 Å². The van der Waals surface area contributed by atoms with Crippen molar-refractivity contribution in [3.8, 4) is 11.4 Å². The zero-order chi connectivity index (χ0) is 25.7. The molecule has 0 bridgehead atoms. The van der Waals surface area contributed by atoms with E-state index in [9.17, 15) is 0 Å². The van der Waals surface area contributed by atoms with Gasteiger partial charge in [0.05, 0.1) is 18.5 Å². The van der Waals surface area contributed by atoms with Gasteiger partial charge in [-0.1, -0.05) is 41.6 Å². The summed E-state index contributed by atoms with van der Waals surface area (Å²) in [6, 6.07) is 24.9. The van der Waals surface area contributed by atoms with E-state index < -0.39 is 0 Å². The Bertz CT molecular complexity index is 1520. The fraction of sp³-hybridized carbons (Fsp3) is 0.267. The number of benzene rings is 3. The third-order valence-corrected chi connectivity index (χ3v) is 6.88. The lowest BCUT2D eigenvalue weighted by atomic mass is 10.1. The van der Waals surface area contributed by atoms with Crippen LogP contribution in [0.15, 0.2) is 79.0 Å². The molecule has 0 spiro atoms. The Labute approximate surface area is 222 Å². The molecule has 1 aliphatic rings. The zero-order valence-electron chi connectivity index (χ0n) is 21.5. The normalized spacial score (nSPS) is 12.7. The topological polar surface area (TPSA) is 81.0 Å². The minimum atomic E-state index is 0.498. The average molecular weight is 506 g/mol. The minimum absolute atomic E-state index is 0.498. The first-order valence-electron chi connectivity index (χ1n) is 13.1. The number of hydrogen-bond donors (Lipinski definition) is 1. The molecule has 0 amide bonds. The van der Waals surface area contributed by atoms with Crippen LogP contribution < -0.4 is 10.1 Å². The summed E-state index contributed by atoms with van der Waals surface area (Å²) in [5, 5.41) is 11.9. The quantitative estimate of drug-likeness (QED) is 0.257. The Kier molecular flexibility index (Phi) is 6.95. The average Bonchev–Trinajstić information content (AvgIpc) is 3.59. The van der Waals surface area contributed by atoms with E-state index in [-0.39, 0.29) is 0 Å². The maximum Gasteiger partial charge on any atom is 0.229 e. The molecule has 0 unspecified atom stereocenters. The van der Waals surface area contributed by atoms with Crippen LogP contribution in [0, 0.1) is 0 Å². The van der Waals surface area contributed by atoms with E-state index in [1.54, 1.807) is 10.9 Å². The summed E-state index contributed by atoms with van der Waals surface area (Å²) >= 11 is 0. The molecule has 1 aliphatic carbocycles. The number of anilines is 2. The number of nitrogens with one attached hydrogen (secondary N) is 1. The molecule has 2 aromatic heterocycles. The van der Waals surface area contributed by atoms with Gasteiger partial charge in [0.2, 0.25) is 5.95 Å². The molecule has 0 fully saturated rings. The summed E-state index contributed by atoms with van der Waals surface area (Å²) in [6.07, 6.45) is 6.14. The van der Waals surface area contributed by atoms with E-state index in [0.717, 1.165) is 49.5 Å². The number of ether oxygens (including phenoxy) is 1. The van der Waals surface area contributed by atoms with Crippen LogP contribution in [0.25, 0.3) is 16.9 Å². The molecule has 0 radical (unpaired) electrons. The summed E-state index contributed by atoms with van der Waals surface area (Å²) in [5.74, 6) is 1.34. The molecule has 0 saturated carbocycles. The molecule has 0 atom stereocenters. The van der Waals surface area contributed by atoms with Crippen molar-refractivity contribution in [1.29, 1.82) is 0 Å². The van der Waals surface area contributed by atoms with Crippen molar-refractivity contribution in [2.45, 2.75) is 32.2 Å². The Balaban J connectivity index is 1.04. The lowest BCUT2D eigenvalue weighted by Gasteiger charge is -2.16. The first kappa shape index (κ1) is 24.1. The highest BCUT2D eigenvalue weighted by atomic mass is 16.5. The third-order valence-electron chi connectivity index (χ3n) is 6.88. The number of fused-ring (bicyclic) bond motifs is 2. The molecular weight excluding hydrogens is 474 g/mol. The van der Waals surface area contributed by atoms with Gasteiger partial charge in [0.15, 0.2) is 11.2 Å². The predicted molar refractivity (Wildman–Crippen MR) is 149 cm³/mol. The van der Waals surface area contributed by atoms with Crippen LogP contribution in [0.5, 0.6) is 5.75 Å². The zero-order valence-corrected chi connectivity index (χ0v) is 21.5. The largest absolute Gasteiger partial charge is 0.494 e. The van der Waals surface area contributed by atoms with E-state index in [4.69, 9.17) is 9.72 Å². The van der Waals surface area contributed by atoms with Crippen LogP contribution >= 0.6 is 0 Å². The third kappa shape index (κ3) is 5.50. The number of rotatable bonds is 10. The van der Waals surface area contributed by atoms with Gasteiger partial charge >= 0.3 is 0 Å². The van der Waals surface area contributed by atoms with Crippen molar-refractivity contribution in [2.24, 2.45) is 0 Å². The molecule has 0 saturated heterocycles. The second-order valence-electron chi connectivity index (χ2n) is 9.79. The number of hydrogen-bond acceptors (Lipinski definition) is 7. The van der Waals surface area contributed by atoms with Gasteiger partial charge in [0, 0.05) is 18.8 Å². The van der Waals surface area contributed by atoms with Gasteiger partial charge in [-0.3, -0.25) is 0 Å². The Morgan fingerprint density at radius 1 is 0.974 bits per heavy atom. The Morgan fingerprint density at radius 3 is 2.68 bits per heavy atom. The standard InChI is InChI=1S/C30H31N7O/c1-36(21-22-7-3-2-4-8-22)17-6-18-38-27-15-12-25(13-16-27)32-30-31-20-28-29(33-30)37(35-34-28)26-14-11-23-9-5-10-24(23)19-26/h2-4,7-8,11-16,19-20H,5-6,9-10,17-18,21H2,1H3,(H,31,32,33). The molecule has 8 nitrogen and oxygen atoms in total. The number of aromatic nitrogens is 5. The maximum absolute atomic E-state index is 5.95. The summed E-state index contributed by atoms with van der Waals surface area (Å²) in [5.41, 5.74) is 7.34. The van der Waals surface area contributed by atoms with Crippen LogP contribution in [0.4, 0.5) is 11.6 Å². The van der Waals surface area contributed by atoms with Crippen molar-refractivity contribution in [2.75, 3.05) is 25.5 Å². The summed E-state index contributed by atoms with van der Waals surface area (Å²) in [6.45, 7) is 2.59. The van der Waals surface area contributed by atoms with Crippen molar-refractivity contribution >= 4 is 22.8 Å². The number of aryl methyl sites for hydroxylation is 2. The van der Waals surface area contributed by atoms with Crippen molar-refractivity contribution in [3.63, 3.8) is 0 Å². The predicted octanol–water partition coefficient (Wildman–Crippen LogP) is 5.34. The fourth-order valence-corrected chi connectivity index (χ4v) is 4.91. The first-order chi connectivity index (χ1) is 18.7. The lowest BCUT2D eigenvalue weighted by Crippen LogP contribution is -2.20. The maximum atomic E-state index is 5.95. The molecule has 6 rings (SSSR count). The minimum Gasteiger partial charge on any atom is -0.494 e. The SMILES string of the molecule is CN(CCCOc1ccc(Nc2ncc3nnn(-c4ccc5c(c4)CCC5)c3n2)cc1)Cc1ccccc1. The molecule has 8 heteroatoms. The Morgan fingerprint density at radius 2 is 1.82 bits per heavy atom. The second kappa shape index (κ2) is 11.0. The summed E-state index contributed by atoms with van der Waals surface area (Å²) < 4.78 is 7.74. The first-order valence-corrected chi connectivity index (χ1v) is 13.1. The fourth-order valence-electron chi connectivity index (χ4n) is 4.91. The van der Waals surface area contributed by atoms with E-state index in [2.05, 4.69) is 75.0 Å². The van der Waals surface area contributed by atoms with Gasteiger partial charge in [-0.15, -0.1) is 5.10 Å². The van der Waals surface area contributed by atoms with Crippen LogP contribution in [0.1, 0.15) is 29.5 Å². The monoisotopic (exact) mass is 505 g/mol. The van der Waals surface area contributed by atoms with Gasteiger partial charge in [-0.05, 0) is 85.8 Å². The van der Waals surface area contributed by atoms with Crippen LogP contribution in [0.3, 0.4) is 0 Å². The summed E-state index contributed by atoms with van der Waals surface area (Å²) in [7, 11) is 2.14. The van der Waals surface area contributed by atoms with E-state index >= 15 is 0 Å².